The highest BCUT2D eigenvalue weighted by molar-refractivity contribution is 5.83. The predicted octanol–water partition coefficient (Wildman–Crippen LogP) is 2.12. The summed E-state index contributed by atoms with van der Waals surface area (Å²) in [4.78, 5) is 25.6. The highest BCUT2D eigenvalue weighted by Crippen LogP contribution is 2.28. The number of carbonyl (C=O) groups excluding carboxylic acids is 1. The molecule has 6 heteroatoms. The minimum absolute atomic E-state index is 0.0122. The van der Waals surface area contributed by atoms with Crippen molar-refractivity contribution in [3.8, 4) is 0 Å². The summed E-state index contributed by atoms with van der Waals surface area (Å²) in [6.07, 6.45) is 0.868. The predicted molar refractivity (Wildman–Crippen MR) is 82.4 cm³/mol. The third-order valence-electron chi connectivity index (χ3n) is 4.30. The molecule has 1 amide bonds. The van der Waals surface area contributed by atoms with E-state index in [9.17, 15) is 14.7 Å². The summed E-state index contributed by atoms with van der Waals surface area (Å²) in [5, 5.41) is 9.42. The fourth-order valence-corrected chi connectivity index (χ4v) is 2.39. The number of likely N-dealkylation sites (tertiary alicyclic amines) is 1. The van der Waals surface area contributed by atoms with Crippen molar-refractivity contribution in [3.05, 3.63) is 0 Å². The summed E-state index contributed by atoms with van der Waals surface area (Å²) in [6, 6.07) is 0. The first-order valence-electron chi connectivity index (χ1n) is 7.94. The number of carboxylic acids is 1. The number of nitrogens with zero attached hydrogens (tertiary/aromatic N) is 1. The van der Waals surface area contributed by atoms with Crippen LogP contribution in [0.2, 0.25) is 0 Å². The summed E-state index contributed by atoms with van der Waals surface area (Å²) in [5.41, 5.74) is -0.461. The monoisotopic (exact) mass is 315 g/mol. The molecule has 2 atom stereocenters. The molecule has 1 fully saturated rings. The molecule has 1 aliphatic rings. The minimum Gasteiger partial charge on any atom is -0.481 e. The second kappa shape index (κ2) is 7.92. The van der Waals surface area contributed by atoms with Gasteiger partial charge in [-0.2, -0.15) is 0 Å². The molecule has 0 spiro atoms. The van der Waals surface area contributed by atoms with E-state index in [1.807, 2.05) is 34.6 Å². The van der Waals surface area contributed by atoms with Crippen LogP contribution in [0, 0.1) is 11.3 Å². The first kappa shape index (κ1) is 18.9. The van der Waals surface area contributed by atoms with Crippen molar-refractivity contribution < 1.29 is 24.2 Å². The van der Waals surface area contributed by atoms with Crippen molar-refractivity contribution in [1.82, 2.24) is 4.90 Å². The number of piperidine rings is 1. The smallest absolute Gasteiger partial charge is 0.310 e. The Morgan fingerprint density at radius 3 is 2.50 bits per heavy atom. The standard InChI is InChI=1S/C16H29NO5/c1-6-16(4,5)15(20)17-8-7-13(12(9-17)14(18)19)22-10-21-11(2)3/h11-13H,6-10H2,1-5H3,(H,18,19). The molecular weight excluding hydrogens is 286 g/mol. The lowest BCUT2D eigenvalue weighted by Crippen LogP contribution is -2.52. The van der Waals surface area contributed by atoms with Crippen LogP contribution in [0.5, 0.6) is 0 Å². The number of hydrogen-bond acceptors (Lipinski definition) is 4. The van der Waals surface area contributed by atoms with Crippen molar-refractivity contribution in [2.45, 2.75) is 59.7 Å². The highest BCUT2D eigenvalue weighted by Gasteiger charge is 2.40. The molecule has 1 aliphatic heterocycles. The number of hydrogen-bond donors (Lipinski definition) is 1. The van der Waals surface area contributed by atoms with Gasteiger partial charge in [0.1, 0.15) is 12.7 Å². The largest absolute Gasteiger partial charge is 0.481 e. The van der Waals surface area contributed by atoms with E-state index in [4.69, 9.17) is 9.47 Å². The Kier molecular flexibility index (Phi) is 6.81. The third-order valence-corrected chi connectivity index (χ3v) is 4.30. The van der Waals surface area contributed by atoms with E-state index in [-0.39, 0.29) is 25.3 Å². The molecule has 0 aromatic rings. The van der Waals surface area contributed by atoms with Crippen LogP contribution in [0.3, 0.4) is 0 Å². The second-order valence-electron chi connectivity index (χ2n) is 6.76. The maximum Gasteiger partial charge on any atom is 0.310 e. The molecule has 128 valence electrons. The van der Waals surface area contributed by atoms with Gasteiger partial charge in [-0.1, -0.05) is 20.8 Å². The number of carboxylic acid groups (broad SMARTS) is 1. The molecule has 22 heavy (non-hydrogen) atoms. The normalized spacial score (nSPS) is 22.9. The first-order chi connectivity index (χ1) is 10.2. The molecule has 0 aromatic carbocycles. The summed E-state index contributed by atoms with van der Waals surface area (Å²) in [7, 11) is 0. The number of rotatable bonds is 7. The van der Waals surface area contributed by atoms with Crippen LogP contribution in [0.1, 0.15) is 47.5 Å². The number of amides is 1. The van der Waals surface area contributed by atoms with Gasteiger partial charge in [0.2, 0.25) is 5.91 Å². The second-order valence-corrected chi connectivity index (χ2v) is 6.76. The van der Waals surface area contributed by atoms with Gasteiger partial charge in [-0.05, 0) is 26.7 Å². The molecule has 6 nitrogen and oxygen atoms in total. The van der Waals surface area contributed by atoms with Crippen LogP contribution in [0.25, 0.3) is 0 Å². The van der Waals surface area contributed by atoms with Crippen molar-refractivity contribution in [2.75, 3.05) is 19.9 Å². The fourth-order valence-electron chi connectivity index (χ4n) is 2.39. The Morgan fingerprint density at radius 1 is 1.36 bits per heavy atom. The van der Waals surface area contributed by atoms with Gasteiger partial charge < -0.3 is 19.5 Å². The molecule has 0 aromatic heterocycles. The summed E-state index contributed by atoms with van der Waals surface area (Å²) in [6.45, 7) is 10.3. The molecule has 0 saturated carbocycles. The van der Waals surface area contributed by atoms with E-state index in [2.05, 4.69) is 0 Å². The Hall–Kier alpha value is -1.14. The van der Waals surface area contributed by atoms with E-state index in [0.29, 0.717) is 13.0 Å². The summed E-state index contributed by atoms with van der Waals surface area (Å²) < 4.78 is 10.9. The molecule has 1 saturated heterocycles. The van der Waals surface area contributed by atoms with Crippen LogP contribution < -0.4 is 0 Å². The zero-order valence-corrected chi connectivity index (χ0v) is 14.3. The molecule has 2 unspecified atom stereocenters. The fraction of sp³-hybridized carbons (Fsp3) is 0.875. The quantitative estimate of drug-likeness (QED) is 0.728. The average Bonchev–Trinajstić information content (AvgIpc) is 2.46. The lowest BCUT2D eigenvalue weighted by molar-refractivity contribution is -0.169. The molecule has 0 radical (unpaired) electrons. The van der Waals surface area contributed by atoms with Crippen LogP contribution in [0.4, 0.5) is 0 Å². The van der Waals surface area contributed by atoms with Gasteiger partial charge >= 0.3 is 5.97 Å². The van der Waals surface area contributed by atoms with Crippen LogP contribution in [0.15, 0.2) is 0 Å². The third kappa shape index (κ3) is 4.95. The van der Waals surface area contributed by atoms with E-state index < -0.39 is 23.4 Å². The minimum atomic E-state index is -0.929. The summed E-state index contributed by atoms with van der Waals surface area (Å²) in [5.74, 6) is -1.62. The average molecular weight is 315 g/mol. The number of ether oxygens (including phenoxy) is 2. The topological polar surface area (TPSA) is 76.1 Å². The van der Waals surface area contributed by atoms with Crippen molar-refractivity contribution in [1.29, 1.82) is 0 Å². The summed E-state index contributed by atoms with van der Waals surface area (Å²) >= 11 is 0. The Morgan fingerprint density at radius 2 is 2.00 bits per heavy atom. The van der Waals surface area contributed by atoms with E-state index >= 15 is 0 Å². The zero-order chi connectivity index (χ0) is 16.9. The highest BCUT2D eigenvalue weighted by atomic mass is 16.7. The van der Waals surface area contributed by atoms with E-state index in [1.54, 1.807) is 4.90 Å². The van der Waals surface area contributed by atoms with Gasteiger partial charge in [0.15, 0.2) is 0 Å². The van der Waals surface area contributed by atoms with Crippen LogP contribution in [-0.2, 0) is 19.1 Å². The first-order valence-corrected chi connectivity index (χ1v) is 7.94. The number of aliphatic carboxylic acids is 1. The van der Waals surface area contributed by atoms with Gasteiger partial charge in [0.05, 0.1) is 12.2 Å². The maximum absolute atomic E-state index is 12.5. The molecule has 1 N–H and O–H groups in total. The Labute approximate surface area is 132 Å². The lowest BCUT2D eigenvalue weighted by Gasteiger charge is -2.39. The van der Waals surface area contributed by atoms with Crippen molar-refractivity contribution in [2.24, 2.45) is 11.3 Å². The lowest BCUT2D eigenvalue weighted by atomic mass is 9.86. The van der Waals surface area contributed by atoms with E-state index in [0.717, 1.165) is 6.42 Å². The van der Waals surface area contributed by atoms with Gasteiger partial charge in [-0.15, -0.1) is 0 Å². The molecule has 1 heterocycles. The maximum atomic E-state index is 12.5. The van der Waals surface area contributed by atoms with Crippen molar-refractivity contribution >= 4 is 11.9 Å². The SMILES string of the molecule is CCC(C)(C)C(=O)N1CCC(OCOC(C)C)C(C(=O)O)C1. The van der Waals surface area contributed by atoms with Crippen LogP contribution in [-0.4, -0.2) is 54.0 Å². The molecular formula is C16H29NO5. The number of carbonyl (C=O) groups is 2. The van der Waals surface area contributed by atoms with Crippen LogP contribution >= 0.6 is 0 Å². The van der Waals surface area contributed by atoms with Gasteiger partial charge in [0.25, 0.3) is 0 Å². The van der Waals surface area contributed by atoms with Gasteiger partial charge in [-0.3, -0.25) is 9.59 Å². The molecule has 0 aliphatic carbocycles. The van der Waals surface area contributed by atoms with E-state index in [1.165, 1.54) is 0 Å². The molecule has 0 bridgehead atoms. The van der Waals surface area contributed by atoms with Gasteiger partial charge in [0, 0.05) is 18.5 Å². The van der Waals surface area contributed by atoms with Gasteiger partial charge in [-0.25, -0.2) is 0 Å². The Bertz CT molecular complexity index is 394. The molecule has 1 rings (SSSR count). The Balaban J connectivity index is 2.67. The van der Waals surface area contributed by atoms with Crippen molar-refractivity contribution in [3.63, 3.8) is 0 Å². The zero-order valence-electron chi connectivity index (χ0n) is 14.3.